The van der Waals surface area contributed by atoms with Crippen molar-refractivity contribution in [1.29, 1.82) is 0 Å². The van der Waals surface area contributed by atoms with Crippen LogP contribution in [-0.4, -0.2) is 31.2 Å². The molecule has 2 rings (SSSR count). The van der Waals surface area contributed by atoms with Crippen LogP contribution >= 0.6 is 0 Å². The van der Waals surface area contributed by atoms with Gasteiger partial charge in [-0.1, -0.05) is 23.8 Å². The van der Waals surface area contributed by atoms with E-state index in [1.165, 1.54) is 0 Å². The largest absolute Gasteiger partial charge is 0.395 e. The molecular formula is C17H20N2O2. The SMILES string of the molecule is Cc1ccc(C(=O)Nc2cccc(N(C)CCO)c2)cc1. The molecule has 110 valence electrons. The number of hydrogen-bond donors (Lipinski definition) is 2. The van der Waals surface area contributed by atoms with Gasteiger partial charge in [0.2, 0.25) is 0 Å². The predicted molar refractivity (Wildman–Crippen MR) is 85.9 cm³/mol. The smallest absolute Gasteiger partial charge is 0.255 e. The average molecular weight is 284 g/mol. The van der Waals surface area contributed by atoms with Crippen LogP contribution in [0.15, 0.2) is 48.5 Å². The molecule has 2 aromatic rings. The van der Waals surface area contributed by atoms with Gasteiger partial charge in [0.05, 0.1) is 6.61 Å². The molecule has 0 spiro atoms. The Balaban J connectivity index is 2.10. The molecule has 0 fully saturated rings. The summed E-state index contributed by atoms with van der Waals surface area (Å²) in [5.74, 6) is -0.128. The van der Waals surface area contributed by atoms with Crippen LogP contribution in [0, 0.1) is 6.92 Å². The summed E-state index contributed by atoms with van der Waals surface area (Å²) < 4.78 is 0. The van der Waals surface area contributed by atoms with Crippen LogP contribution in [0.1, 0.15) is 15.9 Å². The Morgan fingerprint density at radius 1 is 1.19 bits per heavy atom. The molecule has 0 aliphatic carbocycles. The van der Waals surface area contributed by atoms with Crippen molar-refractivity contribution in [1.82, 2.24) is 0 Å². The molecule has 1 amide bonds. The van der Waals surface area contributed by atoms with Gasteiger partial charge in [-0.25, -0.2) is 0 Å². The zero-order valence-corrected chi connectivity index (χ0v) is 12.3. The average Bonchev–Trinajstić information content (AvgIpc) is 2.48. The third-order valence-corrected chi connectivity index (χ3v) is 3.29. The molecule has 0 heterocycles. The van der Waals surface area contributed by atoms with Crippen LogP contribution in [0.3, 0.4) is 0 Å². The number of amides is 1. The van der Waals surface area contributed by atoms with Gasteiger partial charge in [0.1, 0.15) is 0 Å². The van der Waals surface area contributed by atoms with Gasteiger partial charge < -0.3 is 15.3 Å². The molecule has 0 aliphatic rings. The number of anilines is 2. The third kappa shape index (κ3) is 4.07. The summed E-state index contributed by atoms with van der Waals surface area (Å²) in [5, 5.41) is 11.9. The van der Waals surface area contributed by atoms with E-state index in [1.54, 1.807) is 0 Å². The van der Waals surface area contributed by atoms with E-state index in [2.05, 4.69) is 5.32 Å². The Kier molecular flexibility index (Phi) is 4.95. The van der Waals surface area contributed by atoms with Crippen LogP contribution in [0.4, 0.5) is 11.4 Å². The molecule has 0 unspecified atom stereocenters. The molecule has 21 heavy (non-hydrogen) atoms. The first-order valence-corrected chi connectivity index (χ1v) is 6.90. The van der Waals surface area contributed by atoms with E-state index in [1.807, 2.05) is 67.4 Å². The van der Waals surface area contributed by atoms with Gasteiger partial charge in [-0.3, -0.25) is 4.79 Å². The Bertz CT molecular complexity index is 608. The van der Waals surface area contributed by atoms with E-state index in [-0.39, 0.29) is 12.5 Å². The number of aryl methyl sites for hydroxylation is 1. The maximum absolute atomic E-state index is 12.2. The number of nitrogens with one attached hydrogen (secondary N) is 1. The zero-order chi connectivity index (χ0) is 15.2. The van der Waals surface area contributed by atoms with E-state index < -0.39 is 0 Å². The fourth-order valence-corrected chi connectivity index (χ4v) is 2.01. The van der Waals surface area contributed by atoms with Gasteiger partial charge in [-0.05, 0) is 37.3 Å². The predicted octanol–water partition coefficient (Wildman–Crippen LogP) is 2.68. The quantitative estimate of drug-likeness (QED) is 0.887. The molecule has 0 aliphatic heterocycles. The number of carbonyl (C=O) groups excluding carboxylic acids is 1. The lowest BCUT2D eigenvalue weighted by Gasteiger charge is -2.18. The maximum atomic E-state index is 12.2. The molecule has 2 aromatic carbocycles. The first-order chi connectivity index (χ1) is 10.1. The fraction of sp³-hybridized carbons (Fsp3) is 0.235. The molecular weight excluding hydrogens is 264 g/mol. The highest BCUT2D eigenvalue weighted by molar-refractivity contribution is 6.04. The van der Waals surface area contributed by atoms with E-state index in [4.69, 9.17) is 5.11 Å². The zero-order valence-electron chi connectivity index (χ0n) is 12.3. The van der Waals surface area contributed by atoms with E-state index >= 15 is 0 Å². The molecule has 0 bridgehead atoms. The van der Waals surface area contributed by atoms with Crippen molar-refractivity contribution in [3.63, 3.8) is 0 Å². The van der Waals surface area contributed by atoms with Crippen LogP contribution in [0.2, 0.25) is 0 Å². The lowest BCUT2D eigenvalue weighted by molar-refractivity contribution is 0.102. The number of rotatable bonds is 5. The molecule has 0 saturated carbocycles. The highest BCUT2D eigenvalue weighted by Crippen LogP contribution is 2.19. The molecule has 0 aromatic heterocycles. The molecule has 4 nitrogen and oxygen atoms in total. The number of hydrogen-bond acceptors (Lipinski definition) is 3. The van der Waals surface area contributed by atoms with Crippen LogP contribution in [0.5, 0.6) is 0 Å². The second-order valence-corrected chi connectivity index (χ2v) is 5.02. The standard InChI is InChI=1S/C17H20N2O2/c1-13-6-8-14(9-7-13)17(21)18-15-4-3-5-16(12-15)19(2)10-11-20/h3-9,12,20H,10-11H2,1-2H3,(H,18,21). The molecule has 0 atom stereocenters. The van der Waals surface area contributed by atoms with Crippen molar-refractivity contribution in [2.24, 2.45) is 0 Å². The number of carbonyl (C=O) groups is 1. The fourth-order valence-electron chi connectivity index (χ4n) is 2.01. The van der Waals surface area contributed by atoms with Crippen molar-refractivity contribution in [3.05, 3.63) is 59.7 Å². The lowest BCUT2D eigenvalue weighted by Crippen LogP contribution is -2.21. The van der Waals surface area contributed by atoms with Crippen molar-refractivity contribution in [3.8, 4) is 0 Å². The summed E-state index contributed by atoms with van der Waals surface area (Å²) in [6, 6.07) is 15.0. The number of aliphatic hydroxyl groups is 1. The van der Waals surface area contributed by atoms with Crippen LogP contribution in [-0.2, 0) is 0 Å². The minimum absolute atomic E-state index is 0.0937. The first kappa shape index (κ1) is 15.1. The van der Waals surface area contributed by atoms with E-state index in [9.17, 15) is 4.79 Å². The van der Waals surface area contributed by atoms with Crippen molar-refractivity contribution < 1.29 is 9.90 Å². The topological polar surface area (TPSA) is 52.6 Å². The van der Waals surface area contributed by atoms with Crippen LogP contribution in [0.25, 0.3) is 0 Å². The van der Waals surface area contributed by atoms with Crippen LogP contribution < -0.4 is 10.2 Å². The number of aliphatic hydroxyl groups excluding tert-OH is 1. The number of benzene rings is 2. The first-order valence-electron chi connectivity index (χ1n) is 6.90. The Morgan fingerprint density at radius 3 is 2.57 bits per heavy atom. The monoisotopic (exact) mass is 284 g/mol. The van der Waals surface area contributed by atoms with Gasteiger partial charge in [0.15, 0.2) is 0 Å². The summed E-state index contributed by atoms with van der Waals surface area (Å²) in [7, 11) is 1.90. The van der Waals surface area contributed by atoms with Crippen molar-refractivity contribution >= 4 is 17.3 Å². The maximum Gasteiger partial charge on any atom is 0.255 e. The van der Waals surface area contributed by atoms with Gasteiger partial charge in [0, 0.05) is 30.5 Å². The number of nitrogens with zero attached hydrogens (tertiary/aromatic N) is 1. The Hall–Kier alpha value is -2.33. The summed E-state index contributed by atoms with van der Waals surface area (Å²) >= 11 is 0. The summed E-state index contributed by atoms with van der Waals surface area (Å²) in [4.78, 5) is 14.1. The Labute approximate surface area is 125 Å². The normalized spacial score (nSPS) is 10.2. The molecule has 2 N–H and O–H groups in total. The molecule has 0 saturated heterocycles. The summed E-state index contributed by atoms with van der Waals surface area (Å²) in [6.07, 6.45) is 0. The van der Waals surface area contributed by atoms with Gasteiger partial charge in [0.25, 0.3) is 5.91 Å². The van der Waals surface area contributed by atoms with E-state index in [0.29, 0.717) is 12.1 Å². The highest BCUT2D eigenvalue weighted by Gasteiger charge is 2.07. The lowest BCUT2D eigenvalue weighted by atomic mass is 10.1. The van der Waals surface area contributed by atoms with Gasteiger partial charge in [-0.2, -0.15) is 0 Å². The van der Waals surface area contributed by atoms with Gasteiger partial charge in [-0.15, -0.1) is 0 Å². The number of likely N-dealkylation sites (N-methyl/N-ethyl adjacent to an activating group) is 1. The van der Waals surface area contributed by atoms with Gasteiger partial charge >= 0.3 is 0 Å². The highest BCUT2D eigenvalue weighted by atomic mass is 16.3. The van der Waals surface area contributed by atoms with Crippen molar-refractivity contribution in [2.45, 2.75) is 6.92 Å². The summed E-state index contributed by atoms with van der Waals surface area (Å²) in [6.45, 7) is 2.63. The second kappa shape index (κ2) is 6.90. The minimum Gasteiger partial charge on any atom is -0.395 e. The second-order valence-electron chi connectivity index (χ2n) is 5.02. The Morgan fingerprint density at radius 2 is 1.90 bits per heavy atom. The summed E-state index contributed by atoms with van der Waals surface area (Å²) in [5.41, 5.74) is 3.45. The minimum atomic E-state index is -0.128. The van der Waals surface area contributed by atoms with Crippen molar-refractivity contribution in [2.75, 3.05) is 30.4 Å². The molecule has 4 heteroatoms. The van der Waals surface area contributed by atoms with E-state index in [0.717, 1.165) is 16.9 Å². The molecule has 0 radical (unpaired) electrons. The third-order valence-electron chi connectivity index (χ3n) is 3.29.